The molecule has 0 aliphatic heterocycles. The van der Waals surface area contributed by atoms with Gasteiger partial charge in [0.2, 0.25) is 0 Å². The lowest BCUT2D eigenvalue weighted by Crippen LogP contribution is -2.19. The zero-order valence-electron chi connectivity index (χ0n) is 14.2. The van der Waals surface area contributed by atoms with Crippen LogP contribution in [0, 0.1) is 5.82 Å². The van der Waals surface area contributed by atoms with Crippen molar-refractivity contribution < 1.29 is 8.81 Å². The average Bonchev–Trinajstić information content (AvgIpc) is 2.57. The molecule has 0 aliphatic rings. The Kier molecular flexibility index (Phi) is 5.21. The molecule has 3 nitrogen and oxygen atoms in total. The van der Waals surface area contributed by atoms with Gasteiger partial charge in [0.15, 0.2) is 0 Å². The monoisotopic (exact) mass is 359 g/mol. The van der Waals surface area contributed by atoms with Crippen LogP contribution in [0.15, 0.2) is 51.7 Å². The highest BCUT2D eigenvalue weighted by Gasteiger charge is 2.12. The fourth-order valence-corrected chi connectivity index (χ4v) is 3.25. The van der Waals surface area contributed by atoms with Gasteiger partial charge in [-0.1, -0.05) is 36.7 Å². The van der Waals surface area contributed by atoms with Gasteiger partial charge < -0.3 is 4.42 Å². The molecule has 1 aromatic heterocycles. The molecule has 5 heteroatoms. The van der Waals surface area contributed by atoms with E-state index in [0.717, 1.165) is 22.9 Å². The summed E-state index contributed by atoms with van der Waals surface area (Å²) in [6.45, 7) is 2.92. The summed E-state index contributed by atoms with van der Waals surface area (Å²) < 4.78 is 19.2. The molecule has 0 saturated carbocycles. The van der Waals surface area contributed by atoms with Crippen LogP contribution in [0.2, 0.25) is 5.02 Å². The minimum Gasteiger partial charge on any atom is -0.423 e. The SMILES string of the molecule is CCc1cc2oc(=O)cc(CN(C)Cc3ccccc3F)c2cc1Cl. The first-order valence-electron chi connectivity index (χ1n) is 8.15. The molecule has 0 spiro atoms. The van der Waals surface area contributed by atoms with Gasteiger partial charge in [-0.25, -0.2) is 9.18 Å². The van der Waals surface area contributed by atoms with Crippen molar-refractivity contribution in [2.24, 2.45) is 0 Å². The van der Waals surface area contributed by atoms with E-state index in [9.17, 15) is 9.18 Å². The van der Waals surface area contributed by atoms with Crippen LogP contribution in [0.1, 0.15) is 23.6 Å². The van der Waals surface area contributed by atoms with Crippen molar-refractivity contribution in [1.29, 1.82) is 0 Å². The molecule has 0 unspecified atom stereocenters. The predicted molar refractivity (Wildman–Crippen MR) is 98.4 cm³/mol. The van der Waals surface area contributed by atoms with E-state index in [0.29, 0.717) is 29.3 Å². The second-order valence-corrected chi connectivity index (χ2v) is 6.55. The maximum Gasteiger partial charge on any atom is 0.336 e. The third-order valence-corrected chi connectivity index (χ3v) is 4.57. The van der Waals surface area contributed by atoms with Gasteiger partial charge in [0, 0.05) is 35.1 Å². The number of hydrogen-bond donors (Lipinski definition) is 0. The Labute approximate surface area is 150 Å². The van der Waals surface area contributed by atoms with Crippen molar-refractivity contribution in [2.75, 3.05) is 7.05 Å². The van der Waals surface area contributed by atoms with Crippen LogP contribution in [0.5, 0.6) is 0 Å². The molecule has 2 aromatic carbocycles. The molecule has 0 aliphatic carbocycles. The van der Waals surface area contributed by atoms with Crippen LogP contribution in [-0.2, 0) is 19.5 Å². The van der Waals surface area contributed by atoms with E-state index in [2.05, 4.69) is 0 Å². The van der Waals surface area contributed by atoms with E-state index in [-0.39, 0.29) is 5.82 Å². The van der Waals surface area contributed by atoms with E-state index in [4.69, 9.17) is 16.0 Å². The van der Waals surface area contributed by atoms with Crippen LogP contribution < -0.4 is 5.63 Å². The summed E-state index contributed by atoms with van der Waals surface area (Å²) in [5.74, 6) is -0.234. The highest BCUT2D eigenvalue weighted by molar-refractivity contribution is 6.32. The quantitative estimate of drug-likeness (QED) is 0.615. The number of halogens is 2. The Morgan fingerprint density at radius 1 is 1.08 bits per heavy atom. The van der Waals surface area contributed by atoms with Gasteiger partial charge in [-0.15, -0.1) is 0 Å². The van der Waals surface area contributed by atoms with E-state index >= 15 is 0 Å². The van der Waals surface area contributed by atoms with Crippen LogP contribution >= 0.6 is 11.6 Å². The Morgan fingerprint density at radius 3 is 2.52 bits per heavy atom. The smallest absolute Gasteiger partial charge is 0.336 e. The van der Waals surface area contributed by atoms with Gasteiger partial charge in [-0.05, 0) is 42.8 Å². The summed E-state index contributed by atoms with van der Waals surface area (Å²) in [5, 5.41) is 1.46. The maximum absolute atomic E-state index is 13.8. The summed E-state index contributed by atoms with van der Waals surface area (Å²) in [6, 6.07) is 11.8. The highest BCUT2D eigenvalue weighted by Crippen LogP contribution is 2.27. The molecule has 0 saturated heterocycles. The Morgan fingerprint density at radius 2 is 1.80 bits per heavy atom. The van der Waals surface area contributed by atoms with Gasteiger partial charge in [0.05, 0.1) is 0 Å². The minimum absolute atomic E-state index is 0.234. The van der Waals surface area contributed by atoms with Crippen molar-refractivity contribution in [3.05, 3.63) is 80.4 Å². The van der Waals surface area contributed by atoms with Crippen LogP contribution in [0.4, 0.5) is 4.39 Å². The molecule has 3 aromatic rings. The lowest BCUT2D eigenvalue weighted by molar-refractivity contribution is 0.314. The molecule has 0 bridgehead atoms. The molecule has 130 valence electrons. The molecule has 0 amide bonds. The largest absolute Gasteiger partial charge is 0.423 e. The van der Waals surface area contributed by atoms with Gasteiger partial charge in [0.1, 0.15) is 11.4 Å². The third-order valence-electron chi connectivity index (χ3n) is 4.22. The van der Waals surface area contributed by atoms with Gasteiger partial charge >= 0.3 is 5.63 Å². The first-order chi connectivity index (χ1) is 12.0. The summed E-state index contributed by atoms with van der Waals surface area (Å²) in [4.78, 5) is 13.9. The highest BCUT2D eigenvalue weighted by atomic mass is 35.5. The molecule has 0 fully saturated rings. The Hall–Kier alpha value is -2.17. The standard InChI is InChI=1S/C20H19ClFNO2/c1-3-13-8-19-16(10-17(13)21)15(9-20(24)25-19)12-23(2)11-14-6-4-5-7-18(14)22/h4-10H,3,11-12H2,1-2H3. The Bertz CT molecular complexity index is 968. The van der Waals surface area contributed by atoms with E-state index in [1.807, 2.05) is 37.1 Å². The molecule has 1 heterocycles. The summed E-state index contributed by atoms with van der Waals surface area (Å²) >= 11 is 6.32. The molecule has 25 heavy (non-hydrogen) atoms. The minimum atomic E-state index is -0.397. The van der Waals surface area contributed by atoms with Gasteiger partial charge in [-0.3, -0.25) is 4.90 Å². The number of benzene rings is 2. The summed E-state index contributed by atoms with van der Waals surface area (Å²) in [5.41, 5.74) is 2.50. The fraction of sp³-hybridized carbons (Fsp3) is 0.250. The van der Waals surface area contributed by atoms with Crippen molar-refractivity contribution in [3.63, 3.8) is 0 Å². The van der Waals surface area contributed by atoms with E-state index in [1.54, 1.807) is 12.1 Å². The lowest BCUT2D eigenvalue weighted by atomic mass is 10.1. The molecule has 0 N–H and O–H groups in total. The Balaban J connectivity index is 1.94. The molecular formula is C20H19ClFNO2. The predicted octanol–water partition coefficient (Wildman–Crippen LogP) is 4.78. The summed E-state index contributed by atoms with van der Waals surface area (Å²) in [7, 11) is 1.88. The van der Waals surface area contributed by atoms with Crippen LogP contribution in [-0.4, -0.2) is 11.9 Å². The topological polar surface area (TPSA) is 33.5 Å². The number of fused-ring (bicyclic) bond motifs is 1. The summed E-state index contributed by atoms with van der Waals surface area (Å²) in [6.07, 6.45) is 0.760. The van der Waals surface area contributed by atoms with Crippen molar-refractivity contribution >= 4 is 22.6 Å². The van der Waals surface area contributed by atoms with E-state index in [1.165, 1.54) is 12.1 Å². The van der Waals surface area contributed by atoms with E-state index < -0.39 is 5.63 Å². The molecule has 3 rings (SSSR count). The third kappa shape index (κ3) is 3.91. The molecular weight excluding hydrogens is 341 g/mol. The zero-order valence-corrected chi connectivity index (χ0v) is 14.9. The first-order valence-corrected chi connectivity index (χ1v) is 8.53. The average molecular weight is 360 g/mol. The lowest BCUT2D eigenvalue weighted by Gasteiger charge is -2.18. The number of aryl methyl sites for hydroxylation is 1. The van der Waals surface area contributed by atoms with Gasteiger partial charge in [0.25, 0.3) is 0 Å². The zero-order chi connectivity index (χ0) is 18.0. The maximum atomic E-state index is 13.8. The van der Waals surface area contributed by atoms with Crippen molar-refractivity contribution in [3.8, 4) is 0 Å². The molecule has 0 radical (unpaired) electrons. The first kappa shape index (κ1) is 17.6. The molecule has 0 atom stereocenters. The van der Waals surface area contributed by atoms with Crippen molar-refractivity contribution in [1.82, 2.24) is 4.90 Å². The van der Waals surface area contributed by atoms with Crippen molar-refractivity contribution in [2.45, 2.75) is 26.4 Å². The normalized spacial score (nSPS) is 11.4. The number of hydrogen-bond acceptors (Lipinski definition) is 3. The fourth-order valence-electron chi connectivity index (χ4n) is 2.95. The van der Waals surface area contributed by atoms with Crippen LogP contribution in [0.3, 0.4) is 0 Å². The second-order valence-electron chi connectivity index (χ2n) is 6.15. The second kappa shape index (κ2) is 7.38. The number of nitrogens with zero attached hydrogens (tertiary/aromatic N) is 1. The van der Waals surface area contributed by atoms with Crippen LogP contribution in [0.25, 0.3) is 11.0 Å². The van der Waals surface area contributed by atoms with Gasteiger partial charge in [-0.2, -0.15) is 0 Å². The number of rotatable bonds is 5.